The van der Waals surface area contributed by atoms with Crippen molar-refractivity contribution in [1.29, 1.82) is 0 Å². The van der Waals surface area contributed by atoms with Crippen LogP contribution in [-0.2, 0) is 0 Å². The van der Waals surface area contributed by atoms with E-state index < -0.39 is 0 Å². The first-order valence-corrected chi connectivity index (χ1v) is 8.19. The first-order valence-electron chi connectivity index (χ1n) is 8.19. The van der Waals surface area contributed by atoms with Gasteiger partial charge in [0.05, 0.1) is 12.1 Å². The van der Waals surface area contributed by atoms with E-state index in [1.165, 1.54) is 25.7 Å². The molecule has 0 spiro atoms. The molecule has 0 atom stereocenters. The minimum atomic E-state index is -0.191. The lowest BCUT2D eigenvalue weighted by atomic mass is 9.98. The molecule has 1 aromatic heterocycles. The van der Waals surface area contributed by atoms with Gasteiger partial charge >= 0.3 is 0 Å². The molecule has 2 fully saturated rings. The van der Waals surface area contributed by atoms with E-state index in [0.717, 1.165) is 42.4 Å². The molecular formula is C16H26N4O. The average molecular weight is 290 g/mol. The predicted molar refractivity (Wildman–Crippen MR) is 84.8 cm³/mol. The Hall–Kier alpha value is -1.36. The van der Waals surface area contributed by atoms with E-state index in [0.29, 0.717) is 5.92 Å². The van der Waals surface area contributed by atoms with E-state index >= 15 is 0 Å². The second-order valence-corrected chi connectivity index (χ2v) is 6.48. The highest BCUT2D eigenvalue weighted by molar-refractivity contribution is 5.58. The van der Waals surface area contributed by atoms with Crippen LogP contribution < -0.4 is 10.6 Å². The smallest absolute Gasteiger partial charge is 0.136 e. The summed E-state index contributed by atoms with van der Waals surface area (Å²) in [5.41, 5.74) is 0.865. The van der Waals surface area contributed by atoms with Crippen molar-refractivity contribution in [3.05, 3.63) is 11.4 Å². The molecule has 5 nitrogen and oxygen atoms in total. The Kier molecular flexibility index (Phi) is 4.02. The van der Waals surface area contributed by atoms with Gasteiger partial charge in [0.2, 0.25) is 0 Å². The highest BCUT2D eigenvalue weighted by Crippen LogP contribution is 2.40. The molecule has 2 aliphatic carbocycles. The second kappa shape index (κ2) is 5.79. The van der Waals surface area contributed by atoms with Gasteiger partial charge in [0, 0.05) is 18.0 Å². The number of hydrogen-bond donors (Lipinski definition) is 3. The summed E-state index contributed by atoms with van der Waals surface area (Å²) in [6.07, 6.45) is 6.77. The van der Waals surface area contributed by atoms with E-state index in [-0.39, 0.29) is 12.1 Å². The Morgan fingerprint density at radius 2 is 1.86 bits per heavy atom. The van der Waals surface area contributed by atoms with E-state index in [4.69, 9.17) is 4.98 Å². The summed E-state index contributed by atoms with van der Waals surface area (Å²) in [4.78, 5) is 9.44. The van der Waals surface area contributed by atoms with Gasteiger partial charge in [0.1, 0.15) is 17.5 Å². The van der Waals surface area contributed by atoms with E-state index in [1.807, 2.05) is 0 Å². The number of nitrogens with zero attached hydrogens (tertiary/aromatic N) is 2. The summed E-state index contributed by atoms with van der Waals surface area (Å²) >= 11 is 0. The van der Waals surface area contributed by atoms with Crippen LogP contribution in [0.25, 0.3) is 0 Å². The Labute approximate surface area is 126 Å². The molecule has 0 aromatic carbocycles. The minimum Gasteiger partial charge on any atom is -0.394 e. The van der Waals surface area contributed by atoms with Crippen LogP contribution >= 0.6 is 0 Å². The quantitative estimate of drug-likeness (QED) is 0.751. The SMILES string of the molecule is CCNc1nc(C2CC2)nc(NC2(CO)CCCC2)c1C. The topological polar surface area (TPSA) is 70.1 Å². The zero-order valence-corrected chi connectivity index (χ0v) is 13.1. The molecule has 0 radical (unpaired) electrons. The summed E-state index contributed by atoms with van der Waals surface area (Å²) in [6, 6.07) is 0. The molecule has 3 rings (SSSR count). The van der Waals surface area contributed by atoms with E-state index in [9.17, 15) is 5.11 Å². The molecule has 2 aliphatic rings. The van der Waals surface area contributed by atoms with E-state index in [2.05, 4.69) is 29.5 Å². The maximum absolute atomic E-state index is 9.81. The van der Waals surface area contributed by atoms with Gasteiger partial charge in [-0.1, -0.05) is 12.8 Å². The largest absolute Gasteiger partial charge is 0.394 e. The van der Waals surface area contributed by atoms with Gasteiger partial charge in [0.25, 0.3) is 0 Å². The van der Waals surface area contributed by atoms with Crippen molar-refractivity contribution >= 4 is 11.6 Å². The maximum Gasteiger partial charge on any atom is 0.136 e. The average Bonchev–Trinajstić information content (AvgIpc) is 3.23. The van der Waals surface area contributed by atoms with Crippen molar-refractivity contribution < 1.29 is 5.11 Å². The number of aliphatic hydroxyl groups is 1. The highest BCUT2D eigenvalue weighted by atomic mass is 16.3. The van der Waals surface area contributed by atoms with Gasteiger partial charge in [-0.3, -0.25) is 0 Å². The van der Waals surface area contributed by atoms with Crippen LogP contribution in [0.2, 0.25) is 0 Å². The lowest BCUT2D eigenvalue weighted by molar-refractivity contribution is 0.213. The fraction of sp³-hybridized carbons (Fsp3) is 0.750. The van der Waals surface area contributed by atoms with Gasteiger partial charge in [-0.05, 0) is 39.5 Å². The van der Waals surface area contributed by atoms with Crippen molar-refractivity contribution in [2.75, 3.05) is 23.8 Å². The number of hydrogen-bond acceptors (Lipinski definition) is 5. The van der Waals surface area contributed by atoms with Crippen molar-refractivity contribution in [3.63, 3.8) is 0 Å². The molecule has 21 heavy (non-hydrogen) atoms. The first-order chi connectivity index (χ1) is 10.2. The third-order valence-corrected chi connectivity index (χ3v) is 4.70. The summed E-state index contributed by atoms with van der Waals surface area (Å²) < 4.78 is 0. The third-order valence-electron chi connectivity index (χ3n) is 4.70. The van der Waals surface area contributed by atoms with Crippen LogP contribution in [0.3, 0.4) is 0 Å². The van der Waals surface area contributed by atoms with Crippen molar-refractivity contribution in [2.24, 2.45) is 0 Å². The van der Waals surface area contributed by atoms with Crippen LogP contribution in [-0.4, -0.2) is 33.8 Å². The Morgan fingerprint density at radius 1 is 1.19 bits per heavy atom. The summed E-state index contributed by atoms with van der Waals surface area (Å²) in [5.74, 6) is 3.31. The molecule has 0 unspecified atom stereocenters. The maximum atomic E-state index is 9.81. The van der Waals surface area contributed by atoms with Gasteiger partial charge < -0.3 is 15.7 Å². The van der Waals surface area contributed by atoms with Gasteiger partial charge in [-0.25, -0.2) is 9.97 Å². The summed E-state index contributed by atoms with van der Waals surface area (Å²) in [7, 11) is 0. The van der Waals surface area contributed by atoms with Crippen molar-refractivity contribution in [2.45, 2.75) is 63.8 Å². The number of aliphatic hydroxyl groups excluding tert-OH is 1. The van der Waals surface area contributed by atoms with Crippen LogP contribution in [0.15, 0.2) is 0 Å². The van der Waals surface area contributed by atoms with Gasteiger partial charge in [-0.2, -0.15) is 0 Å². The Morgan fingerprint density at radius 3 is 2.43 bits per heavy atom. The highest BCUT2D eigenvalue weighted by Gasteiger charge is 2.35. The standard InChI is InChI=1S/C16H26N4O/c1-3-17-13-11(2)14(19-15(18-13)12-6-7-12)20-16(10-21)8-4-5-9-16/h12,21H,3-10H2,1-2H3,(H2,17,18,19,20). The summed E-state index contributed by atoms with van der Waals surface area (Å²) in [5, 5.41) is 16.7. The fourth-order valence-corrected chi connectivity index (χ4v) is 3.14. The zero-order valence-electron chi connectivity index (χ0n) is 13.1. The molecule has 0 aliphatic heterocycles. The molecule has 1 aromatic rings. The lowest BCUT2D eigenvalue weighted by Gasteiger charge is -2.30. The minimum absolute atomic E-state index is 0.172. The summed E-state index contributed by atoms with van der Waals surface area (Å²) in [6.45, 7) is 5.16. The second-order valence-electron chi connectivity index (χ2n) is 6.48. The normalized spacial score (nSPS) is 20.5. The molecule has 0 saturated heterocycles. The van der Waals surface area contributed by atoms with E-state index in [1.54, 1.807) is 0 Å². The Balaban J connectivity index is 1.92. The molecule has 0 bridgehead atoms. The van der Waals surface area contributed by atoms with Crippen LogP contribution in [0, 0.1) is 6.92 Å². The van der Waals surface area contributed by atoms with Crippen molar-refractivity contribution in [3.8, 4) is 0 Å². The lowest BCUT2D eigenvalue weighted by Crippen LogP contribution is -2.39. The number of anilines is 2. The number of rotatable bonds is 6. The monoisotopic (exact) mass is 290 g/mol. The molecule has 116 valence electrons. The molecule has 3 N–H and O–H groups in total. The zero-order chi connectivity index (χ0) is 14.9. The van der Waals surface area contributed by atoms with Crippen LogP contribution in [0.4, 0.5) is 11.6 Å². The molecule has 2 saturated carbocycles. The number of nitrogens with one attached hydrogen (secondary N) is 2. The fourth-order valence-electron chi connectivity index (χ4n) is 3.14. The number of aromatic nitrogens is 2. The van der Waals surface area contributed by atoms with Crippen LogP contribution in [0.1, 0.15) is 62.8 Å². The Bertz CT molecular complexity index is 507. The molecule has 0 amide bonds. The molecule has 5 heteroatoms. The van der Waals surface area contributed by atoms with Crippen molar-refractivity contribution in [1.82, 2.24) is 9.97 Å². The molecule has 1 heterocycles. The first kappa shape index (κ1) is 14.6. The predicted octanol–water partition coefficient (Wildman–Crippen LogP) is 2.81. The van der Waals surface area contributed by atoms with Crippen LogP contribution in [0.5, 0.6) is 0 Å². The van der Waals surface area contributed by atoms with Gasteiger partial charge in [0.15, 0.2) is 0 Å². The molecular weight excluding hydrogens is 264 g/mol. The van der Waals surface area contributed by atoms with Gasteiger partial charge in [-0.15, -0.1) is 0 Å². The third kappa shape index (κ3) is 2.98.